The van der Waals surface area contributed by atoms with Gasteiger partial charge in [-0.25, -0.2) is 4.79 Å². The number of imide groups is 2. The Morgan fingerprint density at radius 3 is 2.26 bits per heavy atom. The van der Waals surface area contributed by atoms with Crippen molar-refractivity contribution in [3.63, 3.8) is 0 Å². The number of benzene rings is 2. The molecular formula is C23H20ClN3O4. The van der Waals surface area contributed by atoms with Gasteiger partial charge < -0.3 is 9.30 Å². The number of ether oxygens (including phenoxy) is 1. The number of carbonyl (C=O) groups excluding carboxylic acids is 3. The molecule has 31 heavy (non-hydrogen) atoms. The number of nitrogens with zero attached hydrogens (tertiary/aromatic N) is 3. The first-order valence-electron chi connectivity index (χ1n) is 9.65. The van der Waals surface area contributed by atoms with Gasteiger partial charge in [-0.1, -0.05) is 29.8 Å². The van der Waals surface area contributed by atoms with Crippen molar-refractivity contribution in [2.45, 2.75) is 6.54 Å². The van der Waals surface area contributed by atoms with Crippen molar-refractivity contribution in [2.24, 2.45) is 0 Å². The molecule has 0 bridgehead atoms. The Labute approximate surface area is 184 Å². The summed E-state index contributed by atoms with van der Waals surface area (Å²) in [6.07, 6.45) is 3.42. The number of carbonyl (C=O) groups is 3. The number of halogens is 1. The zero-order chi connectivity index (χ0) is 22.1. The van der Waals surface area contributed by atoms with Crippen LogP contribution in [0.15, 0.2) is 60.3 Å². The van der Waals surface area contributed by atoms with Crippen LogP contribution in [0, 0.1) is 0 Å². The molecule has 4 rings (SSSR count). The SMILES string of the molecule is CN1C(=O)C(=Cc2cn(CCOc3ccc(Cl)cc3)c3ccccc23)C(=O)N(C)C1=O. The molecule has 2 aromatic carbocycles. The van der Waals surface area contributed by atoms with Gasteiger partial charge >= 0.3 is 6.03 Å². The summed E-state index contributed by atoms with van der Waals surface area (Å²) in [7, 11) is 2.72. The van der Waals surface area contributed by atoms with Crippen molar-refractivity contribution in [1.29, 1.82) is 0 Å². The summed E-state index contributed by atoms with van der Waals surface area (Å²) in [5.74, 6) is -0.510. The van der Waals surface area contributed by atoms with E-state index in [1.54, 1.807) is 30.3 Å². The van der Waals surface area contributed by atoms with Crippen LogP contribution >= 0.6 is 11.6 Å². The highest BCUT2D eigenvalue weighted by molar-refractivity contribution is 6.31. The molecule has 0 atom stereocenters. The van der Waals surface area contributed by atoms with Gasteiger partial charge in [-0.05, 0) is 36.4 Å². The summed E-state index contributed by atoms with van der Waals surface area (Å²) in [6, 6.07) is 14.2. The van der Waals surface area contributed by atoms with Gasteiger partial charge in [-0.3, -0.25) is 19.4 Å². The minimum atomic E-state index is -0.645. The molecule has 1 saturated heterocycles. The van der Waals surface area contributed by atoms with Gasteiger partial charge in [0.25, 0.3) is 11.8 Å². The lowest BCUT2D eigenvalue weighted by atomic mass is 10.1. The van der Waals surface area contributed by atoms with Crippen LogP contribution in [0.1, 0.15) is 5.56 Å². The van der Waals surface area contributed by atoms with Crippen molar-refractivity contribution in [2.75, 3.05) is 20.7 Å². The highest BCUT2D eigenvalue weighted by atomic mass is 35.5. The molecule has 2 heterocycles. The van der Waals surface area contributed by atoms with Crippen LogP contribution in [0.2, 0.25) is 5.02 Å². The van der Waals surface area contributed by atoms with Gasteiger partial charge in [0.15, 0.2) is 0 Å². The number of rotatable bonds is 5. The summed E-state index contributed by atoms with van der Waals surface area (Å²) in [4.78, 5) is 38.9. The highest BCUT2D eigenvalue weighted by Gasteiger charge is 2.37. The minimum Gasteiger partial charge on any atom is -0.492 e. The molecule has 1 aromatic heterocycles. The fraction of sp³-hybridized carbons (Fsp3) is 0.174. The minimum absolute atomic E-state index is 0.0510. The Bertz CT molecular complexity index is 1190. The maximum absolute atomic E-state index is 12.5. The number of urea groups is 1. The Morgan fingerprint density at radius 2 is 1.58 bits per heavy atom. The molecule has 0 aliphatic carbocycles. The molecule has 1 aliphatic rings. The maximum Gasteiger partial charge on any atom is 0.333 e. The molecule has 0 unspecified atom stereocenters. The van der Waals surface area contributed by atoms with Crippen molar-refractivity contribution < 1.29 is 19.1 Å². The predicted molar refractivity (Wildman–Crippen MR) is 118 cm³/mol. The normalized spacial score (nSPS) is 14.5. The van der Waals surface area contributed by atoms with Crippen LogP contribution in [0.25, 0.3) is 17.0 Å². The third-order valence-electron chi connectivity index (χ3n) is 5.18. The summed E-state index contributed by atoms with van der Waals surface area (Å²) in [6.45, 7) is 0.987. The van der Waals surface area contributed by atoms with Crippen LogP contribution in [0.4, 0.5) is 4.79 Å². The van der Waals surface area contributed by atoms with E-state index in [0.29, 0.717) is 18.2 Å². The topological polar surface area (TPSA) is 71.8 Å². The lowest BCUT2D eigenvalue weighted by Crippen LogP contribution is -2.52. The highest BCUT2D eigenvalue weighted by Crippen LogP contribution is 2.26. The third-order valence-corrected chi connectivity index (χ3v) is 5.43. The molecule has 4 amide bonds. The fourth-order valence-corrected chi connectivity index (χ4v) is 3.62. The van der Waals surface area contributed by atoms with Crippen molar-refractivity contribution >= 4 is 46.4 Å². The molecule has 0 saturated carbocycles. The Balaban J connectivity index is 1.63. The second kappa shape index (κ2) is 8.28. The molecule has 0 radical (unpaired) electrons. The van der Waals surface area contributed by atoms with E-state index in [9.17, 15) is 14.4 Å². The number of amides is 4. The van der Waals surface area contributed by atoms with Crippen molar-refractivity contribution in [3.05, 3.63) is 70.9 Å². The van der Waals surface area contributed by atoms with E-state index in [1.807, 2.05) is 35.0 Å². The van der Waals surface area contributed by atoms with Gasteiger partial charge in [-0.15, -0.1) is 0 Å². The second-order valence-corrected chi connectivity index (χ2v) is 7.60. The molecule has 3 aromatic rings. The average Bonchev–Trinajstić information content (AvgIpc) is 3.13. The Hall–Kier alpha value is -3.58. The molecule has 1 aliphatic heterocycles. The Kier molecular flexibility index (Phi) is 5.52. The predicted octanol–water partition coefficient (Wildman–Crippen LogP) is 3.81. The first kappa shape index (κ1) is 20.7. The first-order chi connectivity index (χ1) is 14.9. The van der Waals surface area contributed by atoms with E-state index in [0.717, 1.165) is 32.0 Å². The molecule has 0 N–H and O–H groups in total. The Morgan fingerprint density at radius 1 is 0.935 bits per heavy atom. The molecule has 0 spiro atoms. The van der Waals surface area contributed by atoms with E-state index in [4.69, 9.17) is 16.3 Å². The molecular weight excluding hydrogens is 418 g/mol. The zero-order valence-corrected chi connectivity index (χ0v) is 17.8. The van der Waals surface area contributed by atoms with E-state index < -0.39 is 17.8 Å². The summed E-state index contributed by atoms with van der Waals surface area (Å²) in [5.41, 5.74) is 1.61. The smallest absolute Gasteiger partial charge is 0.333 e. The number of aromatic nitrogens is 1. The quantitative estimate of drug-likeness (QED) is 0.449. The number of likely N-dealkylation sites (N-methyl/N-ethyl adjacent to an activating group) is 2. The van der Waals surface area contributed by atoms with Gasteiger partial charge in [0.2, 0.25) is 0 Å². The third kappa shape index (κ3) is 3.92. The van der Waals surface area contributed by atoms with Crippen LogP contribution in [0.3, 0.4) is 0 Å². The summed E-state index contributed by atoms with van der Waals surface area (Å²) >= 11 is 5.90. The standard InChI is InChI=1S/C23H20ClN3O4/c1-25-21(28)19(22(29)26(2)23(25)30)13-15-14-27(20-6-4-3-5-18(15)20)11-12-31-17-9-7-16(24)8-10-17/h3-10,13-14H,11-12H2,1-2H3. The van der Waals surface area contributed by atoms with Crippen LogP contribution in [0.5, 0.6) is 5.75 Å². The van der Waals surface area contributed by atoms with Crippen molar-refractivity contribution in [3.8, 4) is 5.75 Å². The number of para-hydroxylation sites is 1. The average molecular weight is 438 g/mol. The van der Waals surface area contributed by atoms with E-state index in [1.165, 1.54) is 14.1 Å². The lowest BCUT2D eigenvalue weighted by molar-refractivity contribution is -0.134. The molecule has 158 valence electrons. The molecule has 8 heteroatoms. The van der Waals surface area contributed by atoms with E-state index in [2.05, 4.69) is 0 Å². The lowest BCUT2D eigenvalue weighted by Gasteiger charge is -2.28. The molecule has 7 nitrogen and oxygen atoms in total. The van der Waals surface area contributed by atoms with Gasteiger partial charge in [0.1, 0.15) is 17.9 Å². The van der Waals surface area contributed by atoms with Gasteiger partial charge in [-0.2, -0.15) is 0 Å². The summed E-state index contributed by atoms with van der Waals surface area (Å²) in [5, 5.41) is 1.54. The van der Waals surface area contributed by atoms with Gasteiger partial charge in [0, 0.05) is 41.8 Å². The zero-order valence-electron chi connectivity index (χ0n) is 17.0. The number of hydrogen-bond acceptors (Lipinski definition) is 4. The summed E-state index contributed by atoms with van der Waals surface area (Å²) < 4.78 is 7.80. The second-order valence-electron chi connectivity index (χ2n) is 7.17. The van der Waals surface area contributed by atoms with Crippen LogP contribution in [-0.4, -0.2) is 52.9 Å². The maximum atomic E-state index is 12.5. The van der Waals surface area contributed by atoms with Gasteiger partial charge in [0.05, 0.1) is 6.54 Å². The number of barbiturate groups is 1. The number of hydrogen-bond donors (Lipinski definition) is 0. The monoisotopic (exact) mass is 437 g/mol. The van der Waals surface area contributed by atoms with E-state index in [-0.39, 0.29) is 5.57 Å². The first-order valence-corrected chi connectivity index (χ1v) is 10.0. The van der Waals surface area contributed by atoms with Crippen molar-refractivity contribution in [1.82, 2.24) is 14.4 Å². The number of fused-ring (bicyclic) bond motifs is 1. The van der Waals surface area contributed by atoms with Crippen LogP contribution < -0.4 is 4.74 Å². The molecule has 1 fully saturated rings. The van der Waals surface area contributed by atoms with Crippen LogP contribution in [-0.2, 0) is 16.1 Å². The fourth-order valence-electron chi connectivity index (χ4n) is 3.50. The largest absolute Gasteiger partial charge is 0.492 e. The van der Waals surface area contributed by atoms with E-state index >= 15 is 0 Å².